The molecule has 2 rings (SSSR count). The minimum Gasteiger partial charge on any atom is -0.460 e. The molecule has 0 aliphatic carbocycles. The van der Waals surface area contributed by atoms with Crippen molar-refractivity contribution in [2.24, 2.45) is 5.92 Å². The van der Waals surface area contributed by atoms with Crippen LogP contribution in [0.1, 0.15) is 24.0 Å². The summed E-state index contributed by atoms with van der Waals surface area (Å²) in [6, 6.07) is 0. The number of H-pyrrole nitrogens is 1. The van der Waals surface area contributed by atoms with Crippen LogP contribution < -0.4 is 4.90 Å². The summed E-state index contributed by atoms with van der Waals surface area (Å²) in [5.74, 6) is -0.107. The number of hydrogen-bond acceptors (Lipinski definition) is 5. The molecular formula is C10H13BrN4O3. The molecule has 98 valence electrons. The summed E-state index contributed by atoms with van der Waals surface area (Å²) in [5, 5.41) is 7.11. The molecule has 7 nitrogen and oxygen atoms in total. The number of halogens is 1. The fraction of sp³-hybridized carbons (Fsp3) is 0.600. The quantitative estimate of drug-likeness (QED) is 0.653. The standard InChI is InChI=1S/C10H13BrN4O3/c1-2-18-9(17)8-12-10(14-13-8)15-5-6(4-11)3-7(15)16/h6H,2-5H2,1H3,(H,12,13,14). The second-order valence-electron chi connectivity index (χ2n) is 3.93. The first-order valence-corrected chi connectivity index (χ1v) is 6.73. The van der Waals surface area contributed by atoms with Crippen LogP contribution in [0.5, 0.6) is 0 Å². The van der Waals surface area contributed by atoms with E-state index < -0.39 is 5.97 Å². The topological polar surface area (TPSA) is 88.2 Å². The van der Waals surface area contributed by atoms with E-state index in [1.165, 1.54) is 4.90 Å². The zero-order chi connectivity index (χ0) is 13.1. The Morgan fingerprint density at radius 3 is 3.06 bits per heavy atom. The van der Waals surface area contributed by atoms with Gasteiger partial charge in [-0.3, -0.25) is 14.8 Å². The Bertz CT molecular complexity index is 462. The van der Waals surface area contributed by atoms with Gasteiger partial charge in [0.1, 0.15) is 0 Å². The SMILES string of the molecule is CCOC(=O)c1nc(N2CC(CBr)CC2=O)n[nH]1. The van der Waals surface area contributed by atoms with Gasteiger partial charge in [0.25, 0.3) is 5.95 Å². The number of ether oxygens (including phenoxy) is 1. The molecular weight excluding hydrogens is 304 g/mol. The molecule has 2 heterocycles. The van der Waals surface area contributed by atoms with Crippen LogP contribution in [0.4, 0.5) is 5.95 Å². The number of nitrogens with one attached hydrogen (secondary N) is 1. The number of anilines is 1. The van der Waals surface area contributed by atoms with E-state index in [9.17, 15) is 9.59 Å². The first kappa shape index (κ1) is 13.0. The molecule has 0 aromatic carbocycles. The molecule has 1 aromatic rings. The van der Waals surface area contributed by atoms with Crippen molar-refractivity contribution in [3.8, 4) is 0 Å². The highest BCUT2D eigenvalue weighted by Gasteiger charge is 2.32. The summed E-state index contributed by atoms with van der Waals surface area (Å²) >= 11 is 3.35. The smallest absolute Gasteiger partial charge is 0.375 e. The van der Waals surface area contributed by atoms with Gasteiger partial charge in [-0.15, -0.1) is 5.10 Å². The summed E-state index contributed by atoms with van der Waals surface area (Å²) in [6.07, 6.45) is 0.467. The Morgan fingerprint density at radius 2 is 2.44 bits per heavy atom. The van der Waals surface area contributed by atoms with E-state index in [0.717, 1.165) is 5.33 Å². The summed E-state index contributed by atoms with van der Waals surface area (Å²) in [6.45, 7) is 2.53. The fourth-order valence-electron chi connectivity index (χ4n) is 1.74. The monoisotopic (exact) mass is 316 g/mol. The number of carbonyl (C=O) groups excluding carboxylic acids is 2. The lowest BCUT2D eigenvalue weighted by Crippen LogP contribution is -2.26. The Labute approximate surface area is 112 Å². The zero-order valence-electron chi connectivity index (χ0n) is 9.85. The van der Waals surface area contributed by atoms with Gasteiger partial charge in [-0.1, -0.05) is 15.9 Å². The normalized spacial score (nSPS) is 19.3. The van der Waals surface area contributed by atoms with Crippen LogP contribution in [0.25, 0.3) is 0 Å². The van der Waals surface area contributed by atoms with E-state index in [-0.39, 0.29) is 30.2 Å². The molecule has 1 saturated heterocycles. The average molecular weight is 317 g/mol. The number of aromatic amines is 1. The second-order valence-corrected chi connectivity index (χ2v) is 4.58. The Balaban J connectivity index is 2.11. The van der Waals surface area contributed by atoms with Crippen LogP contribution in [-0.2, 0) is 9.53 Å². The highest BCUT2D eigenvalue weighted by Crippen LogP contribution is 2.23. The number of rotatable bonds is 4. The van der Waals surface area contributed by atoms with Crippen LogP contribution in [0.15, 0.2) is 0 Å². The van der Waals surface area contributed by atoms with Crippen LogP contribution in [-0.4, -0.2) is 45.5 Å². The summed E-state index contributed by atoms with van der Waals surface area (Å²) in [7, 11) is 0. The highest BCUT2D eigenvalue weighted by molar-refractivity contribution is 9.09. The van der Waals surface area contributed by atoms with Gasteiger partial charge in [0.15, 0.2) is 0 Å². The number of alkyl halides is 1. The number of amides is 1. The maximum absolute atomic E-state index is 11.7. The minimum atomic E-state index is -0.570. The molecule has 1 aliphatic heterocycles. The number of nitrogens with zero attached hydrogens (tertiary/aromatic N) is 3. The number of carbonyl (C=O) groups is 2. The minimum absolute atomic E-state index is 0.0157. The molecule has 0 spiro atoms. The van der Waals surface area contributed by atoms with Gasteiger partial charge in [0.2, 0.25) is 11.7 Å². The van der Waals surface area contributed by atoms with E-state index >= 15 is 0 Å². The largest absolute Gasteiger partial charge is 0.460 e. The lowest BCUT2D eigenvalue weighted by molar-refractivity contribution is -0.117. The molecule has 18 heavy (non-hydrogen) atoms. The van der Waals surface area contributed by atoms with Gasteiger partial charge >= 0.3 is 5.97 Å². The van der Waals surface area contributed by atoms with Gasteiger partial charge in [-0.2, -0.15) is 4.98 Å². The first-order valence-electron chi connectivity index (χ1n) is 5.61. The van der Waals surface area contributed by atoms with Gasteiger partial charge in [-0.05, 0) is 12.8 Å². The molecule has 1 aromatic heterocycles. The van der Waals surface area contributed by atoms with E-state index in [1.807, 2.05) is 0 Å². The lowest BCUT2D eigenvalue weighted by atomic mass is 10.2. The third-order valence-electron chi connectivity index (χ3n) is 2.61. The molecule has 1 aliphatic rings. The number of esters is 1. The average Bonchev–Trinajstić information content (AvgIpc) is 2.95. The maximum Gasteiger partial charge on any atom is 0.375 e. The van der Waals surface area contributed by atoms with Crippen molar-refractivity contribution in [2.45, 2.75) is 13.3 Å². The lowest BCUT2D eigenvalue weighted by Gasteiger charge is -2.10. The van der Waals surface area contributed by atoms with Crippen LogP contribution in [0.2, 0.25) is 0 Å². The Morgan fingerprint density at radius 1 is 1.67 bits per heavy atom. The number of aromatic nitrogens is 3. The summed E-state index contributed by atoms with van der Waals surface area (Å²) < 4.78 is 4.79. The molecule has 1 atom stereocenters. The molecule has 1 amide bonds. The molecule has 1 fully saturated rings. The fourth-order valence-corrected chi connectivity index (χ4v) is 2.18. The molecule has 0 bridgehead atoms. The first-order chi connectivity index (χ1) is 8.65. The molecule has 1 N–H and O–H groups in total. The highest BCUT2D eigenvalue weighted by atomic mass is 79.9. The van der Waals surface area contributed by atoms with E-state index in [0.29, 0.717) is 13.0 Å². The zero-order valence-corrected chi connectivity index (χ0v) is 11.4. The third-order valence-corrected chi connectivity index (χ3v) is 3.52. The van der Waals surface area contributed by atoms with Crippen molar-refractivity contribution in [1.29, 1.82) is 0 Å². The molecule has 0 saturated carbocycles. The van der Waals surface area contributed by atoms with E-state index in [4.69, 9.17) is 4.74 Å². The van der Waals surface area contributed by atoms with Crippen molar-refractivity contribution in [3.63, 3.8) is 0 Å². The Hall–Kier alpha value is -1.44. The van der Waals surface area contributed by atoms with Crippen molar-refractivity contribution in [1.82, 2.24) is 15.2 Å². The van der Waals surface area contributed by atoms with Crippen molar-refractivity contribution < 1.29 is 14.3 Å². The van der Waals surface area contributed by atoms with E-state index in [2.05, 4.69) is 31.1 Å². The summed E-state index contributed by atoms with van der Waals surface area (Å²) in [4.78, 5) is 28.6. The van der Waals surface area contributed by atoms with Gasteiger partial charge in [-0.25, -0.2) is 4.79 Å². The van der Waals surface area contributed by atoms with Crippen LogP contribution >= 0.6 is 15.9 Å². The van der Waals surface area contributed by atoms with Crippen LogP contribution in [0, 0.1) is 5.92 Å². The Kier molecular flexibility index (Phi) is 3.95. The second kappa shape index (κ2) is 5.47. The molecule has 0 radical (unpaired) electrons. The van der Waals surface area contributed by atoms with Crippen molar-refractivity contribution in [3.05, 3.63) is 5.82 Å². The van der Waals surface area contributed by atoms with Crippen LogP contribution in [0.3, 0.4) is 0 Å². The predicted octanol–water partition coefficient (Wildman–Crippen LogP) is 0.729. The number of hydrogen-bond donors (Lipinski definition) is 1. The molecule has 8 heteroatoms. The van der Waals surface area contributed by atoms with Gasteiger partial charge in [0.05, 0.1) is 6.61 Å². The van der Waals surface area contributed by atoms with Crippen molar-refractivity contribution in [2.75, 3.05) is 23.4 Å². The molecule has 1 unspecified atom stereocenters. The maximum atomic E-state index is 11.7. The summed E-state index contributed by atoms with van der Waals surface area (Å²) in [5.41, 5.74) is 0. The van der Waals surface area contributed by atoms with Gasteiger partial charge in [0, 0.05) is 18.3 Å². The van der Waals surface area contributed by atoms with Gasteiger partial charge < -0.3 is 4.74 Å². The third kappa shape index (κ3) is 2.53. The predicted molar refractivity (Wildman–Crippen MR) is 66.6 cm³/mol. The van der Waals surface area contributed by atoms with E-state index in [1.54, 1.807) is 6.92 Å². The van der Waals surface area contributed by atoms with Crippen molar-refractivity contribution >= 4 is 33.8 Å².